The van der Waals surface area contributed by atoms with Crippen molar-refractivity contribution in [1.29, 1.82) is 0 Å². The molecule has 0 aliphatic carbocycles. The number of carbonyl (C=O) groups excluding carboxylic acids is 1. The van der Waals surface area contributed by atoms with Crippen molar-refractivity contribution in [1.82, 2.24) is 20.2 Å². The molecule has 3 rings (SSSR count). The number of nitrogens with zero attached hydrogens (tertiary/aromatic N) is 3. The van der Waals surface area contributed by atoms with Crippen molar-refractivity contribution in [2.45, 2.75) is 32.2 Å². The Kier molecular flexibility index (Phi) is 4.45. The molecule has 2 aliphatic rings. The molecule has 2 saturated heterocycles. The molecule has 2 fully saturated rings. The summed E-state index contributed by atoms with van der Waals surface area (Å²) in [7, 11) is 0. The van der Waals surface area contributed by atoms with E-state index in [0.29, 0.717) is 31.9 Å². The van der Waals surface area contributed by atoms with Crippen LogP contribution in [-0.2, 0) is 4.74 Å². The summed E-state index contributed by atoms with van der Waals surface area (Å²) in [5.41, 5.74) is 1.38. The molecule has 6 heteroatoms. The smallest absolute Gasteiger partial charge is 0.257 e. The number of amides is 1. The van der Waals surface area contributed by atoms with Gasteiger partial charge in [-0.15, -0.1) is 0 Å². The van der Waals surface area contributed by atoms with Crippen LogP contribution in [-0.4, -0.2) is 53.6 Å². The van der Waals surface area contributed by atoms with E-state index in [2.05, 4.69) is 15.3 Å². The molecule has 0 bridgehead atoms. The fourth-order valence-electron chi connectivity index (χ4n) is 2.87. The average Bonchev–Trinajstić information content (AvgIpc) is 2.56. The second-order valence-electron chi connectivity index (χ2n) is 5.63. The number of carbonyl (C=O) groups is 1. The highest BCUT2D eigenvalue weighted by molar-refractivity contribution is 5.95. The molecule has 0 saturated carbocycles. The van der Waals surface area contributed by atoms with Gasteiger partial charge in [0, 0.05) is 19.3 Å². The van der Waals surface area contributed by atoms with Gasteiger partial charge >= 0.3 is 0 Å². The molecule has 1 N–H and O–H groups in total. The zero-order chi connectivity index (χ0) is 14.7. The summed E-state index contributed by atoms with van der Waals surface area (Å²) in [5.74, 6) is 0.824. The van der Waals surface area contributed by atoms with Crippen molar-refractivity contribution in [3.8, 4) is 0 Å². The lowest BCUT2D eigenvalue weighted by atomic mass is 10.0. The zero-order valence-electron chi connectivity index (χ0n) is 12.5. The standard InChI is InChI=1S/C15H22N4O2/c1-11-12(15(20)19-6-8-21-9-7-19)10-17-14(18-11)13-4-2-3-5-16-13/h10,13,16H,2-9H2,1H3/t13-/m0/s1. The first kappa shape index (κ1) is 14.4. The Balaban J connectivity index is 1.75. The van der Waals surface area contributed by atoms with Crippen LogP contribution in [0.2, 0.25) is 0 Å². The van der Waals surface area contributed by atoms with Crippen LogP contribution in [0.4, 0.5) is 0 Å². The fourth-order valence-corrected chi connectivity index (χ4v) is 2.87. The molecule has 6 nitrogen and oxygen atoms in total. The van der Waals surface area contributed by atoms with Gasteiger partial charge in [-0.1, -0.05) is 6.42 Å². The van der Waals surface area contributed by atoms with Crippen molar-refractivity contribution >= 4 is 5.91 Å². The first-order valence-electron chi connectivity index (χ1n) is 7.69. The van der Waals surface area contributed by atoms with Gasteiger partial charge in [0.2, 0.25) is 0 Å². The van der Waals surface area contributed by atoms with Crippen LogP contribution in [0.1, 0.15) is 47.2 Å². The van der Waals surface area contributed by atoms with Gasteiger partial charge in [-0.2, -0.15) is 0 Å². The lowest BCUT2D eigenvalue weighted by Crippen LogP contribution is -2.41. The normalized spacial score (nSPS) is 23.1. The number of hydrogen-bond donors (Lipinski definition) is 1. The summed E-state index contributed by atoms with van der Waals surface area (Å²) in [6.45, 7) is 5.41. The van der Waals surface area contributed by atoms with Crippen LogP contribution < -0.4 is 5.32 Å². The largest absolute Gasteiger partial charge is 0.378 e. The number of rotatable bonds is 2. The molecule has 114 valence electrons. The van der Waals surface area contributed by atoms with Crippen molar-refractivity contribution in [2.24, 2.45) is 0 Å². The molecule has 1 aromatic rings. The minimum atomic E-state index is 0.0129. The summed E-state index contributed by atoms with van der Waals surface area (Å²) in [6.07, 6.45) is 5.17. The number of nitrogens with one attached hydrogen (secondary N) is 1. The van der Waals surface area contributed by atoms with Crippen LogP contribution in [0.5, 0.6) is 0 Å². The predicted octanol–water partition coefficient (Wildman–Crippen LogP) is 1.07. The maximum absolute atomic E-state index is 12.5. The first-order chi connectivity index (χ1) is 10.3. The maximum Gasteiger partial charge on any atom is 0.257 e. The summed E-state index contributed by atoms with van der Waals surface area (Å²) < 4.78 is 5.28. The summed E-state index contributed by atoms with van der Waals surface area (Å²) in [6, 6.07) is 0.227. The van der Waals surface area contributed by atoms with Crippen molar-refractivity contribution in [3.05, 3.63) is 23.3 Å². The van der Waals surface area contributed by atoms with Crippen LogP contribution in [0.25, 0.3) is 0 Å². The lowest BCUT2D eigenvalue weighted by Gasteiger charge is -2.27. The summed E-state index contributed by atoms with van der Waals surface area (Å²) >= 11 is 0. The number of aromatic nitrogens is 2. The van der Waals surface area contributed by atoms with Gasteiger partial charge in [-0.05, 0) is 26.3 Å². The first-order valence-corrected chi connectivity index (χ1v) is 7.69. The van der Waals surface area contributed by atoms with E-state index in [9.17, 15) is 4.79 Å². The topological polar surface area (TPSA) is 67.4 Å². The van der Waals surface area contributed by atoms with Gasteiger partial charge in [0.15, 0.2) is 0 Å². The second kappa shape index (κ2) is 6.49. The van der Waals surface area contributed by atoms with E-state index in [0.717, 1.165) is 24.5 Å². The second-order valence-corrected chi connectivity index (χ2v) is 5.63. The van der Waals surface area contributed by atoms with E-state index in [-0.39, 0.29) is 11.9 Å². The highest BCUT2D eigenvalue weighted by Crippen LogP contribution is 2.21. The van der Waals surface area contributed by atoms with Crippen molar-refractivity contribution in [3.63, 3.8) is 0 Å². The SMILES string of the molecule is Cc1nc([C@@H]2CCCCN2)ncc1C(=O)N1CCOCC1. The lowest BCUT2D eigenvalue weighted by molar-refractivity contribution is 0.0301. The maximum atomic E-state index is 12.5. The Labute approximate surface area is 124 Å². The third-order valence-corrected chi connectivity index (χ3v) is 4.15. The molecule has 0 radical (unpaired) electrons. The Hall–Kier alpha value is -1.53. The van der Waals surface area contributed by atoms with Crippen molar-refractivity contribution in [2.75, 3.05) is 32.8 Å². The predicted molar refractivity (Wildman–Crippen MR) is 78.1 cm³/mol. The minimum Gasteiger partial charge on any atom is -0.378 e. The van der Waals surface area contributed by atoms with Crippen molar-refractivity contribution < 1.29 is 9.53 Å². The third-order valence-electron chi connectivity index (χ3n) is 4.15. The quantitative estimate of drug-likeness (QED) is 0.882. The van der Waals surface area contributed by atoms with E-state index >= 15 is 0 Å². The van der Waals surface area contributed by atoms with Gasteiger partial charge in [-0.25, -0.2) is 9.97 Å². The van der Waals surface area contributed by atoms with Crippen LogP contribution in [0, 0.1) is 6.92 Å². The van der Waals surface area contributed by atoms with E-state index in [4.69, 9.17) is 4.74 Å². The minimum absolute atomic E-state index is 0.0129. The Morgan fingerprint density at radius 2 is 2.19 bits per heavy atom. The van der Waals surface area contributed by atoms with E-state index in [1.165, 1.54) is 12.8 Å². The molecule has 0 aromatic carbocycles. The van der Waals surface area contributed by atoms with E-state index in [1.54, 1.807) is 6.20 Å². The highest BCUT2D eigenvalue weighted by atomic mass is 16.5. The molecule has 1 amide bonds. The number of aryl methyl sites for hydroxylation is 1. The number of ether oxygens (including phenoxy) is 1. The Bertz CT molecular complexity index is 508. The van der Waals surface area contributed by atoms with E-state index < -0.39 is 0 Å². The number of morpholine rings is 1. The molecule has 0 unspecified atom stereocenters. The van der Waals surface area contributed by atoms with Gasteiger partial charge in [0.05, 0.1) is 30.5 Å². The van der Waals surface area contributed by atoms with Crippen LogP contribution in [0.15, 0.2) is 6.20 Å². The Morgan fingerprint density at radius 3 is 2.86 bits per heavy atom. The molecule has 21 heavy (non-hydrogen) atoms. The number of piperidine rings is 1. The molecule has 2 aliphatic heterocycles. The van der Waals surface area contributed by atoms with Gasteiger partial charge < -0.3 is 15.0 Å². The molecular formula is C15H22N4O2. The van der Waals surface area contributed by atoms with Crippen LogP contribution in [0.3, 0.4) is 0 Å². The van der Waals surface area contributed by atoms with E-state index in [1.807, 2.05) is 11.8 Å². The van der Waals surface area contributed by atoms with Gasteiger partial charge in [0.1, 0.15) is 5.82 Å². The molecule has 3 heterocycles. The highest BCUT2D eigenvalue weighted by Gasteiger charge is 2.23. The Morgan fingerprint density at radius 1 is 1.38 bits per heavy atom. The monoisotopic (exact) mass is 290 g/mol. The third kappa shape index (κ3) is 3.22. The zero-order valence-corrected chi connectivity index (χ0v) is 12.5. The van der Waals surface area contributed by atoms with Gasteiger partial charge in [-0.3, -0.25) is 4.79 Å². The molecule has 0 spiro atoms. The summed E-state index contributed by atoms with van der Waals surface area (Å²) in [4.78, 5) is 23.3. The molecule has 1 aromatic heterocycles. The van der Waals surface area contributed by atoms with Gasteiger partial charge in [0.25, 0.3) is 5.91 Å². The fraction of sp³-hybridized carbons (Fsp3) is 0.667. The molecule has 1 atom stereocenters. The number of hydrogen-bond acceptors (Lipinski definition) is 5. The molecular weight excluding hydrogens is 268 g/mol. The van der Waals surface area contributed by atoms with Crippen LogP contribution >= 0.6 is 0 Å². The summed E-state index contributed by atoms with van der Waals surface area (Å²) in [5, 5.41) is 3.44. The average molecular weight is 290 g/mol.